The zero-order chi connectivity index (χ0) is 25.6. The van der Waals surface area contributed by atoms with Gasteiger partial charge in [-0.05, 0) is 59.9 Å². The number of nitrogens with one attached hydrogen (secondary N) is 2. The molecule has 3 saturated heterocycles. The van der Waals surface area contributed by atoms with E-state index in [-0.39, 0.29) is 28.7 Å². The molecule has 2 atom stereocenters. The van der Waals surface area contributed by atoms with Gasteiger partial charge in [0.1, 0.15) is 5.82 Å². The number of carbonyl (C=O) groups is 1. The standard InChI is InChI=1S/C25H36F2N8O/c1-15-20(13-35(32-15)18-10-16-6-7-17(11-18)33(16)4)30-24-29-12-19(21(26)27)22(31-24)28-8-5-9-34-14-25(2,3)23(34)36/h12-13,16-18,21H,5-11,14H2,1-4H3,(H2,28,29,30,31). The first-order valence-electron chi connectivity index (χ1n) is 12.9. The molecule has 36 heavy (non-hydrogen) atoms. The molecule has 0 radical (unpaired) electrons. The fourth-order valence-corrected chi connectivity index (χ4v) is 5.87. The summed E-state index contributed by atoms with van der Waals surface area (Å²) in [6, 6.07) is 1.58. The molecule has 2 aromatic heterocycles. The predicted molar refractivity (Wildman–Crippen MR) is 134 cm³/mol. The van der Waals surface area contributed by atoms with Gasteiger partial charge in [-0.3, -0.25) is 9.48 Å². The summed E-state index contributed by atoms with van der Waals surface area (Å²) in [6.07, 6.45) is 5.76. The highest BCUT2D eigenvalue weighted by Gasteiger charge is 2.43. The van der Waals surface area contributed by atoms with Crippen LogP contribution in [0.1, 0.15) is 69.7 Å². The van der Waals surface area contributed by atoms with Crippen molar-refractivity contribution in [2.75, 3.05) is 37.3 Å². The number of likely N-dealkylation sites (tertiary alicyclic amines) is 1. The first kappa shape index (κ1) is 24.9. The van der Waals surface area contributed by atoms with Gasteiger partial charge < -0.3 is 20.4 Å². The van der Waals surface area contributed by atoms with E-state index in [2.05, 4.69) is 32.5 Å². The number of aromatic nitrogens is 4. The molecule has 9 nitrogen and oxygen atoms in total. The Hall–Kier alpha value is -2.82. The van der Waals surface area contributed by atoms with Gasteiger partial charge in [0, 0.05) is 44.1 Å². The van der Waals surface area contributed by atoms with E-state index in [0.29, 0.717) is 37.6 Å². The highest BCUT2D eigenvalue weighted by molar-refractivity contribution is 5.87. The van der Waals surface area contributed by atoms with Crippen LogP contribution in [0.2, 0.25) is 0 Å². The molecule has 0 spiro atoms. The molecular formula is C25H36F2N8O. The molecule has 2 unspecified atom stereocenters. The third kappa shape index (κ3) is 4.77. The highest BCUT2D eigenvalue weighted by Crippen LogP contribution is 2.40. The third-order valence-corrected chi connectivity index (χ3v) is 8.01. The van der Waals surface area contributed by atoms with Gasteiger partial charge in [0.2, 0.25) is 11.9 Å². The summed E-state index contributed by atoms with van der Waals surface area (Å²) in [5.41, 5.74) is 1.06. The summed E-state index contributed by atoms with van der Waals surface area (Å²) in [4.78, 5) is 24.8. The maximum absolute atomic E-state index is 13.6. The molecule has 2 bridgehead atoms. The maximum atomic E-state index is 13.6. The van der Waals surface area contributed by atoms with Gasteiger partial charge in [-0.2, -0.15) is 10.1 Å². The smallest absolute Gasteiger partial charge is 0.268 e. The molecule has 1 amide bonds. The summed E-state index contributed by atoms with van der Waals surface area (Å²) < 4.78 is 29.2. The van der Waals surface area contributed by atoms with E-state index in [1.165, 1.54) is 12.8 Å². The van der Waals surface area contributed by atoms with Crippen LogP contribution in [0.3, 0.4) is 0 Å². The van der Waals surface area contributed by atoms with Crippen LogP contribution < -0.4 is 10.6 Å². The Labute approximate surface area is 210 Å². The molecule has 0 aromatic carbocycles. The molecule has 196 valence electrons. The lowest BCUT2D eigenvalue weighted by Gasteiger charge is -2.44. The minimum absolute atomic E-state index is 0.106. The molecule has 11 heteroatoms. The normalized spacial score (nSPS) is 25.4. The van der Waals surface area contributed by atoms with Gasteiger partial charge in [0.15, 0.2) is 0 Å². The van der Waals surface area contributed by atoms with Crippen molar-refractivity contribution in [1.82, 2.24) is 29.5 Å². The number of hydrogen-bond donors (Lipinski definition) is 2. The van der Waals surface area contributed by atoms with Gasteiger partial charge in [-0.1, -0.05) is 0 Å². The Morgan fingerprint density at radius 1 is 1.19 bits per heavy atom. The fraction of sp³-hybridized carbons (Fsp3) is 0.680. The van der Waals surface area contributed by atoms with Crippen molar-refractivity contribution in [3.8, 4) is 0 Å². The lowest BCUT2D eigenvalue weighted by atomic mass is 9.83. The minimum Gasteiger partial charge on any atom is -0.369 e. The number of aryl methyl sites for hydroxylation is 1. The monoisotopic (exact) mass is 502 g/mol. The maximum Gasteiger partial charge on any atom is 0.268 e. The lowest BCUT2D eigenvalue weighted by molar-refractivity contribution is -0.156. The van der Waals surface area contributed by atoms with Gasteiger partial charge in [0.05, 0.1) is 28.4 Å². The molecule has 2 N–H and O–H groups in total. The van der Waals surface area contributed by atoms with Crippen molar-refractivity contribution in [3.05, 3.63) is 23.7 Å². The zero-order valence-corrected chi connectivity index (χ0v) is 21.5. The van der Waals surface area contributed by atoms with E-state index in [0.717, 1.165) is 37.0 Å². The molecule has 3 aliphatic rings. The van der Waals surface area contributed by atoms with E-state index >= 15 is 0 Å². The molecule has 2 aromatic rings. The number of carbonyl (C=O) groups excluding carboxylic acids is 1. The van der Waals surface area contributed by atoms with Crippen molar-refractivity contribution < 1.29 is 13.6 Å². The SMILES string of the molecule is Cc1nn(C2CC3CCC(C2)N3C)cc1Nc1ncc(C(F)F)c(NCCCN2CC(C)(C)C2=O)n1. The molecule has 3 aliphatic heterocycles. The van der Waals surface area contributed by atoms with Crippen LogP contribution in [0.4, 0.5) is 26.2 Å². The topological polar surface area (TPSA) is 91.2 Å². The molecular weight excluding hydrogens is 466 g/mol. The molecule has 3 fully saturated rings. The van der Waals surface area contributed by atoms with Crippen molar-refractivity contribution >= 4 is 23.4 Å². The van der Waals surface area contributed by atoms with Crippen molar-refractivity contribution in [2.45, 2.75) is 77.4 Å². The zero-order valence-electron chi connectivity index (χ0n) is 21.5. The molecule has 0 aliphatic carbocycles. The number of alkyl halides is 2. The van der Waals surface area contributed by atoms with Crippen LogP contribution in [0.5, 0.6) is 0 Å². The van der Waals surface area contributed by atoms with E-state index in [1.54, 1.807) is 4.90 Å². The lowest BCUT2D eigenvalue weighted by Crippen LogP contribution is -2.58. The van der Waals surface area contributed by atoms with Crippen LogP contribution in [-0.4, -0.2) is 74.2 Å². The average Bonchev–Trinajstić information content (AvgIpc) is 3.27. The Bertz CT molecular complexity index is 1110. The van der Waals surface area contributed by atoms with Gasteiger partial charge in [0.25, 0.3) is 6.43 Å². The van der Waals surface area contributed by atoms with Crippen molar-refractivity contribution in [3.63, 3.8) is 0 Å². The first-order chi connectivity index (χ1) is 17.1. The van der Waals surface area contributed by atoms with Crippen LogP contribution in [0, 0.1) is 12.3 Å². The van der Waals surface area contributed by atoms with Crippen LogP contribution in [0.15, 0.2) is 12.4 Å². The molecule has 0 saturated carbocycles. The van der Waals surface area contributed by atoms with E-state index in [1.807, 2.05) is 31.6 Å². The molecule has 5 rings (SSSR count). The second-order valence-electron chi connectivity index (χ2n) is 11.1. The van der Waals surface area contributed by atoms with Crippen molar-refractivity contribution in [1.29, 1.82) is 0 Å². The summed E-state index contributed by atoms with van der Waals surface area (Å²) >= 11 is 0. The van der Waals surface area contributed by atoms with Gasteiger partial charge in [-0.15, -0.1) is 0 Å². The largest absolute Gasteiger partial charge is 0.369 e. The fourth-order valence-electron chi connectivity index (χ4n) is 5.87. The number of β-lactam (4-membered cyclic amide) rings is 1. The summed E-state index contributed by atoms with van der Waals surface area (Å²) in [7, 11) is 2.22. The number of halogens is 2. The number of piperidine rings is 1. The number of nitrogens with zero attached hydrogens (tertiary/aromatic N) is 6. The predicted octanol–water partition coefficient (Wildman–Crippen LogP) is 4.13. The third-order valence-electron chi connectivity index (χ3n) is 8.01. The van der Waals surface area contributed by atoms with E-state index < -0.39 is 6.43 Å². The van der Waals surface area contributed by atoms with Crippen LogP contribution in [0.25, 0.3) is 0 Å². The number of anilines is 3. The van der Waals surface area contributed by atoms with E-state index in [4.69, 9.17) is 5.10 Å². The van der Waals surface area contributed by atoms with Gasteiger partial charge >= 0.3 is 0 Å². The Kier molecular flexibility index (Phi) is 6.61. The molecule has 5 heterocycles. The van der Waals surface area contributed by atoms with Gasteiger partial charge in [-0.25, -0.2) is 13.8 Å². The van der Waals surface area contributed by atoms with Crippen LogP contribution in [-0.2, 0) is 4.79 Å². The Morgan fingerprint density at radius 3 is 2.56 bits per heavy atom. The number of rotatable bonds is 9. The Balaban J connectivity index is 1.22. The number of hydrogen-bond acceptors (Lipinski definition) is 7. The summed E-state index contributed by atoms with van der Waals surface area (Å²) in [5.74, 6) is 0.482. The van der Waals surface area contributed by atoms with Crippen molar-refractivity contribution in [2.24, 2.45) is 5.41 Å². The number of amides is 1. The highest BCUT2D eigenvalue weighted by atomic mass is 19.3. The average molecular weight is 503 g/mol. The second-order valence-corrected chi connectivity index (χ2v) is 11.1. The second kappa shape index (κ2) is 9.57. The number of fused-ring (bicyclic) bond motifs is 2. The first-order valence-corrected chi connectivity index (χ1v) is 12.9. The van der Waals surface area contributed by atoms with Crippen LogP contribution >= 0.6 is 0 Å². The summed E-state index contributed by atoms with van der Waals surface area (Å²) in [5, 5.41) is 10.9. The minimum atomic E-state index is -2.69. The Morgan fingerprint density at radius 2 is 1.92 bits per heavy atom. The summed E-state index contributed by atoms with van der Waals surface area (Å²) in [6.45, 7) is 7.52. The quantitative estimate of drug-likeness (QED) is 0.394. The van der Waals surface area contributed by atoms with E-state index in [9.17, 15) is 13.6 Å².